The van der Waals surface area contributed by atoms with Gasteiger partial charge in [0.15, 0.2) is 0 Å². The van der Waals surface area contributed by atoms with E-state index in [1.165, 1.54) is 23.1 Å². The van der Waals surface area contributed by atoms with Gasteiger partial charge in [-0.3, -0.25) is 4.79 Å². The Hall–Kier alpha value is -2.59. The van der Waals surface area contributed by atoms with Gasteiger partial charge in [-0.25, -0.2) is 10.1 Å². The van der Waals surface area contributed by atoms with Crippen LogP contribution >= 0.6 is 23.1 Å². The number of nitrogens with zero attached hydrogens (tertiary/aromatic N) is 3. The summed E-state index contributed by atoms with van der Waals surface area (Å²) >= 11 is 2.74. The topological polar surface area (TPSA) is 126 Å². The molecule has 4 aromatic rings. The van der Waals surface area contributed by atoms with Gasteiger partial charge in [-0.1, -0.05) is 11.8 Å². The maximum Gasteiger partial charge on any atom is 0.260 e. The van der Waals surface area contributed by atoms with Gasteiger partial charge in [-0.05, 0) is 12.1 Å². The molecule has 10 heteroatoms. The van der Waals surface area contributed by atoms with Crippen LogP contribution in [0.3, 0.4) is 0 Å². The van der Waals surface area contributed by atoms with Crippen molar-refractivity contribution in [3.05, 3.63) is 40.0 Å². The predicted molar refractivity (Wildman–Crippen MR) is 88.3 cm³/mol. The van der Waals surface area contributed by atoms with Gasteiger partial charge in [0.25, 0.3) is 5.56 Å². The van der Waals surface area contributed by atoms with Crippen LogP contribution in [-0.4, -0.2) is 25.1 Å². The number of aromatic amines is 2. The zero-order chi connectivity index (χ0) is 15.8. The second-order valence-corrected chi connectivity index (χ2v) is 6.41. The quantitative estimate of drug-likeness (QED) is 0.484. The molecule has 0 bridgehead atoms. The van der Waals surface area contributed by atoms with E-state index >= 15 is 0 Å². The van der Waals surface area contributed by atoms with E-state index in [-0.39, 0.29) is 11.5 Å². The molecule has 0 saturated heterocycles. The molecule has 0 spiro atoms. The highest BCUT2D eigenvalue weighted by Crippen LogP contribution is 2.31. The van der Waals surface area contributed by atoms with Gasteiger partial charge in [-0.2, -0.15) is 4.98 Å². The van der Waals surface area contributed by atoms with Crippen LogP contribution in [0, 0.1) is 0 Å². The number of hydrogen-bond acceptors (Lipinski definition) is 8. The van der Waals surface area contributed by atoms with Crippen LogP contribution < -0.4 is 11.3 Å². The number of nitrogens with two attached hydrogens (primary N) is 1. The van der Waals surface area contributed by atoms with Crippen LogP contribution in [0.4, 0.5) is 5.95 Å². The summed E-state index contributed by atoms with van der Waals surface area (Å²) in [5.41, 5.74) is 6.04. The summed E-state index contributed by atoms with van der Waals surface area (Å²) in [7, 11) is 0. The van der Waals surface area contributed by atoms with Crippen LogP contribution in [0.15, 0.2) is 38.1 Å². The lowest BCUT2D eigenvalue weighted by Gasteiger charge is -1.99. The summed E-state index contributed by atoms with van der Waals surface area (Å²) in [4.78, 5) is 24.3. The third-order valence-corrected chi connectivity index (χ3v) is 4.83. The summed E-state index contributed by atoms with van der Waals surface area (Å²) in [6.07, 6.45) is 1.58. The van der Waals surface area contributed by atoms with E-state index in [1.54, 1.807) is 12.3 Å². The van der Waals surface area contributed by atoms with Crippen molar-refractivity contribution in [1.29, 1.82) is 0 Å². The molecule has 0 aliphatic rings. The first-order valence-corrected chi connectivity index (χ1v) is 8.42. The monoisotopic (exact) mass is 346 g/mol. The molecular formula is C13H10N6O2S2. The summed E-state index contributed by atoms with van der Waals surface area (Å²) in [5, 5.41) is 9.41. The van der Waals surface area contributed by atoms with Crippen molar-refractivity contribution < 1.29 is 4.42 Å². The zero-order valence-corrected chi connectivity index (χ0v) is 13.2. The molecule has 0 aliphatic heterocycles. The van der Waals surface area contributed by atoms with Gasteiger partial charge in [0.05, 0.1) is 17.4 Å². The van der Waals surface area contributed by atoms with Gasteiger partial charge >= 0.3 is 0 Å². The first-order valence-electron chi connectivity index (χ1n) is 6.55. The molecule has 0 saturated carbocycles. The number of thioether (sulfide) groups is 1. The average Bonchev–Trinajstić information content (AvgIpc) is 3.24. The molecule has 4 aromatic heterocycles. The molecule has 0 aromatic carbocycles. The molecule has 23 heavy (non-hydrogen) atoms. The lowest BCUT2D eigenvalue weighted by Crippen LogP contribution is -2.10. The summed E-state index contributed by atoms with van der Waals surface area (Å²) in [6, 6.07) is 3.60. The number of nitrogens with one attached hydrogen (secondary N) is 2. The maximum atomic E-state index is 12.4. The van der Waals surface area contributed by atoms with Crippen molar-refractivity contribution >= 4 is 39.3 Å². The summed E-state index contributed by atoms with van der Waals surface area (Å²) in [5.74, 6) is 1.91. The van der Waals surface area contributed by atoms with Crippen molar-refractivity contribution in [1.82, 2.24) is 25.1 Å². The number of hydrogen-bond donors (Lipinski definition) is 3. The van der Waals surface area contributed by atoms with E-state index in [0.717, 1.165) is 5.56 Å². The highest BCUT2D eigenvalue weighted by atomic mass is 32.2. The molecule has 4 N–H and O–H groups in total. The minimum absolute atomic E-state index is 0.187. The largest absolute Gasteiger partial charge is 0.464 e. The second-order valence-electron chi connectivity index (χ2n) is 4.61. The van der Waals surface area contributed by atoms with Crippen molar-refractivity contribution in [2.24, 2.45) is 0 Å². The van der Waals surface area contributed by atoms with Gasteiger partial charge in [0, 0.05) is 10.9 Å². The van der Waals surface area contributed by atoms with Gasteiger partial charge in [-0.15, -0.1) is 16.4 Å². The van der Waals surface area contributed by atoms with E-state index in [0.29, 0.717) is 32.7 Å². The average molecular weight is 346 g/mol. The Kier molecular flexibility index (Phi) is 3.39. The lowest BCUT2D eigenvalue weighted by atomic mass is 10.2. The smallest absolute Gasteiger partial charge is 0.260 e. The predicted octanol–water partition coefficient (Wildman–Crippen LogP) is 2.24. The standard InChI is InChI=1S/C13H10N6O2S2/c14-12-17-13(19-18-12)23-5-8-15-10(20)9-6(4-22-11(9)16-8)7-2-1-3-21-7/h1-4H,5H2,(H,15,16,20)(H3,14,17,18,19). The Morgan fingerprint density at radius 3 is 3.04 bits per heavy atom. The molecule has 0 radical (unpaired) electrons. The van der Waals surface area contributed by atoms with E-state index in [1.807, 2.05) is 11.4 Å². The lowest BCUT2D eigenvalue weighted by molar-refractivity contribution is 0.583. The number of fused-ring (bicyclic) bond motifs is 1. The van der Waals surface area contributed by atoms with Gasteiger partial charge < -0.3 is 15.1 Å². The van der Waals surface area contributed by atoms with Crippen LogP contribution in [-0.2, 0) is 5.75 Å². The molecule has 0 atom stereocenters. The summed E-state index contributed by atoms with van der Waals surface area (Å²) < 4.78 is 5.37. The van der Waals surface area contributed by atoms with Crippen molar-refractivity contribution in [2.75, 3.05) is 5.73 Å². The van der Waals surface area contributed by atoms with Crippen LogP contribution in [0.1, 0.15) is 5.82 Å². The normalized spacial score (nSPS) is 11.3. The first kappa shape index (κ1) is 14.0. The fourth-order valence-corrected chi connectivity index (χ4v) is 3.75. The minimum atomic E-state index is -0.187. The minimum Gasteiger partial charge on any atom is -0.464 e. The van der Waals surface area contributed by atoms with E-state index in [2.05, 4.69) is 25.1 Å². The second kappa shape index (κ2) is 5.56. The third kappa shape index (κ3) is 2.62. The number of aromatic nitrogens is 5. The fraction of sp³-hybridized carbons (Fsp3) is 0.0769. The van der Waals surface area contributed by atoms with E-state index in [9.17, 15) is 4.79 Å². The summed E-state index contributed by atoms with van der Waals surface area (Å²) in [6.45, 7) is 0. The van der Waals surface area contributed by atoms with Crippen molar-refractivity contribution in [2.45, 2.75) is 10.9 Å². The fourth-order valence-electron chi connectivity index (χ4n) is 2.13. The molecule has 0 amide bonds. The molecule has 0 aliphatic carbocycles. The Balaban J connectivity index is 1.67. The third-order valence-electron chi connectivity index (χ3n) is 3.10. The molecule has 0 fully saturated rings. The van der Waals surface area contributed by atoms with Crippen molar-refractivity contribution in [3.8, 4) is 11.3 Å². The zero-order valence-electron chi connectivity index (χ0n) is 11.6. The Morgan fingerprint density at radius 1 is 1.39 bits per heavy atom. The Morgan fingerprint density at radius 2 is 2.30 bits per heavy atom. The highest BCUT2D eigenvalue weighted by Gasteiger charge is 2.15. The number of thiophene rings is 1. The molecule has 116 valence electrons. The Labute approximate surface area is 137 Å². The molecular weight excluding hydrogens is 336 g/mol. The van der Waals surface area contributed by atoms with Crippen LogP contribution in [0.25, 0.3) is 21.5 Å². The molecule has 4 heterocycles. The van der Waals surface area contributed by atoms with Gasteiger partial charge in [0.2, 0.25) is 11.1 Å². The van der Waals surface area contributed by atoms with E-state index in [4.69, 9.17) is 10.2 Å². The highest BCUT2D eigenvalue weighted by molar-refractivity contribution is 7.98. The first-order chi connectivity index (χ1) is 11.2. The number of furan rings is 1. The maximum absolute atomic E-state index is 12.4. The number of H-pyrrole nitrogens is 2. The van der Waals surface area contributed by atoms with E-state index < -0.39 is 0 Å². The number of nitrogen functional groups attached to an aromatic ring is 1. The Bertz CT molecular complexity index is 1020. The van der Waals surface area contributed by atoms with Gasteiger partial charge in [0.1, 0.15) is 16.4 Å². The molecule has 4 rings (SSSR count). The van der Waals surface area contributed by atoms with Crippen LogP contribution in [0.2, 0.25) is 0 Å². The van der Waals surface area contributed by atoms with Crippen molar-refractivity contribution in [3.63, 3.8) is 0 Å². The number of rotatable bonds is 4. The number of anilines is 1. The molecule has 8 nitrogen and oxygen atoms in total. The van der Waals surface area contributed by atoms with Crippen LogP contribution in [0.5, 0.6) is 0 Å². The SMILES string of the molecule is Nc1nc(SCc2nc3scc(-c4ccco4)c3c(=O)[nH]2)n[nH]1. The molecule has 0 unspecified atom stereocenters.